The molecular weight excluding hydrogens is 288 g/mol. The molecule has 1 saturated heterocycles. The Morgan fingerprint density at radius 1 is 1.30 bits per heavy atom. The van der Waals surface area contributed by atoms with Gasteiger partial charge in [0.15, 0.2) is 0 Å². The predicted octanol–water partition coefficient (Wildman–Crippen LogP) is 4.53. The van der Waals surface area contributed by atoms with Crippen LogP contribution in [0.5, 0.6) is 0 Å². The third kappa shape index (κ3) is 2.14. The fourth-order valence-corrected chi connectivity index (χ4v) is 5.91. The van der Waals surface area contributed by atoms with Crippen molar-refractivity contribution in [2.75, 3.05) is 0 Å². The maximum atomic E-state index is 12.7. The molecule has 0 aromatic heterocycles. The van der Waals surface area contributed by atoms with Gasteiger partial charge in [-0.1, -0.05) is 20.8 Å². The molecule has 1 aliphatic heterocycles. The Hall–Kier alpha value is -0.860. The first-order valence-electron chi connectivity index (χ1n) is 9.41. The SMILES string of the molecule is CC(=O)[C@H](C)CC[C@@]1(C)[C@H](C)CC[C@H]2[C@]3(C)CCC[C@@]21OC3=O. The van der Waals surface area contributed by atoms with E-state index in [9.17, 15) is 9.59 Å². The summed E-state index contributed by atoms with van der Waals surface area (Å²) in [5, 5.41) is 0. The van der Waals surface area contributed by atoms with Crippen molar-refractivity contribution in [3.63, 3.8) is 0 Å². The van der Waals surface area contributed by atoms with Crippen LogP contribution in [0.4, 0.5) is 0 Å². The summed E-state index contributed by atoms with van der Waals surface area (Å²) in [4.78, 5) is 24.4. The number of Topliss-reactive ketones (excluding diaryl/α,β-unsaturated/α-hetero) is 1. The number of hydrogen-bond donors (Lipinski definition) is 0. The van der Waals surface area contributed by atoms with Crippen LogP contribution in [0, 0.1) is 28.6 Å². The highest BCUT2D eigenvalue weighted by atomic mass is 16.6. The first kappa shape index (κ1) is 17.0. The molecule has 0 amide bonds. The van der Waals surface area contributed by atoms with Gasteiger partial charge >= 0.3 is 5.97 Å². The van der Waals surface area contributed by atoms with E-state index in [0.29, 0.717) is 11.8 Å². The van der Waals surface area contributed by atoms with Gasteiger partial charge in [0, 0.05) is 17.3 Å². The van der Waals surface area contributed by atoms with Crippen molar-refractivity contribution in [3.8, 4) is 0 Å². The summed E-state index contributed by atoms with van der Waals surface area (Å²) in [5.41, 5.74) is -0.565. The predicted molar refractivity (Wildman–Crippen MR) is 89.9 cm³/mol. The van der Waals surface area contributed by atoms with E-state index in [4.69, 9.17) is 4.74 Å². The zero-order valence-electron chi connectivity index (χ0n) is 15.4. The van der Waals surface area contributed by atoms with Crippen LogP contribution in [0.15, 0.2) is 0 Å². The molecule has 3 aliphatic rings. The summed E-state index contributed by atoms with van der Waals surface area (Å²) in [6, 6.07) is 0. The Balaban J connectivity index is 1.94. The molecule has 2 aliphatic carbocycles. The molecule has 23 heavy (non-hydrogen) atoms. The van der Waals surface area contributed by atoms with Crippen LogP contribution < -0.4 is 0 Å². The fraction of sp³-hybridized carbons (Fsp3) is 0.900. The maximum absolute atomic E-state index is 12.7. The molecule has 0 N–H and O–H groups in total. The van der Waals surface area contributed by atoms with Crippen molar-refractivity contribution in [1.29, 1.82) is 0 Å². The number of ketones is 1. The number of hydrogen-bond acceptors (Lipinski definition) is 3. The minimum atomic E-state index is -0.286. The second-order valence-corrected chi connectivity index (χ2v) is 9.05. The van der Waals surface area contributed by atoms with Gasteiger partial charge in [-0.05, 0) is 64.7 Å². The molecule has 0 unspecified atom stereocenters. The molecule has 3 fully saturated rings. The van der Waals surface area contributed by atoms with Crippen molar-refractivity contribution < 1.29 is 14.3 Å². The number of carbonyl (C=O) groups is 2. The highest BCUT2D eigenvalue weighted by molar-refractivity contribution is 5.81. The third-order valence-corrected chi connectivity index (χ3v) is 8.05. The van der Waals surface area contributed by atoms with E-state index in [2.05, 4.69) is 20.8 Å². The quantitative estimate of drug-likeness (QED) is 0.715. The molecule has 3 heteroatoms. The van der Waals surface area contributed by atoms with Gasteiger partial charge in [0.05, 0.1) is 5.41 Å². The van der Waals surface area contributed by atoms with E-state index >= 15 is 0 Å². The molecule has 1 heterocycles. The number of esters is 1. The lowest BCUT2D eigenvalue weighted by atomic mass is 9.46. The van der Waals surface area contributed by atoms with Crippen LogP contribution in [0.3, 0.4) is 0 Å². The molecule has 0 aromatic carbocycles. The molecule has 130 valence electrons. The van der Waals surface area contributed by atoms with E-state index in [1.54, 1.807) is 6.92 Å². The fourth-order valence-electron chi connectivity index (χ4n) is 5.91. The summed E-state index contributed by atoms with van der Waals surface area (Å²) >= 11 is 0. The van der Waals surface area contributed by atoms with Crippen molar-refractivity contribution >= 4 is 11.8 Å². The number of rotatable bonds is 4. The highest BCUT2D eigenvalue weighted by Crippen LogP contribution is 2.68. The molecule has 2 bridgehead atoms. The lowest BCUT2D eigenvalue weighted by molar-refractivity contribution is -0.188. The molecule has 6 atom stereocenters. The van der Waals surface area contributed by atoms with Crippen LogP contribution in [-0.4, -0.2) is 17.4 Å². The monoisotopic (exact) mass is 320 g/mol. The van der Waals surface area contributed by atoms with Crippen molar-refractivity contribution in [2.24, 2.45) is 28.6 Å². The first-order valence-corrected chi connectivity index (χ1v) is 9.41. The number of carbonyl (C=O) groups excluding carboxylic acids is 2. The van der Waals surface area contributed by atoms with Gasteiger partial charge in [0.1, 0.15) is 11.4 Å². The Morgan fingerprint density at radius 3 is 2.65 bits per heavy atom. The van der Waals surface area contributed by atoms with Gasteiger partial charge < -0.3 is 4.74 Å². The van der Waals surface area contributed by atoms with Crippen LogP contribution in [0.25, 0.3) is 0 Å². The minimum Gasteiger partial charge on any atom is -0.458 e. The Bertz CT molecular complexity index is 527. The van der Waals surface area contributed by atoms with E-state index < -0.39 is 0 Å². The summed E-state index contributed by atoms with van der Waals surface area (Å²) < 4.78 is 6.23. The van der Waals surface area contributed by atoms with Gasteiger partial charge in [0.25, 0.3) is 0 Å². The summed E-state index contributed by atoms with van der Waals surface area (Å²) in [6.45, 7) is 10.5. The van der Waals surface area contributed by atoms with Crippen LogP contribution in [0.1, 0.15) is 79.6 Å². The molecule has 0 aromatic rings. The summed E-state index contributed by atoms with van der Waals surface area (Å²) in [5.74, 6) is 1.31. The smallest absolute Gasteiger partial charge is 0.312 e. The summed E-state index contributed by atoms with van der Waals surface area (Å²) in [7, 11) is 0. The molecule has 2 saturated carbocycles. The topological polar surface area (TPSA) is 43.4 Å². The van der Waals surface area contributed by atoms with Crippen LogP contribution in [-0.2, 0) is 14.3 Å². The number of ether oxygens (including phenoxy) is 1. The Kier molecular flexibility index (Phi) is 3.93. The lowest BCUT2D eigenvalue weighted by Crippen LogP contribution is -2.60. The molecular formula is C20H32O3. The average molecular weight is 320 g/mol. The van der Waals surface area contributed by atoms with E-state index in [1.807, 2.05) is 6.92 Å². The Morgan fingerprint density at radius 2 is 2.00 bits per heavy atom. The minimum absolute atomic E-state index is 0.00648. The van der Waals surface area contributed by atoms with E-state index in [1.165, 1.54) is 6.42 Å². The molecule has 0 spiro atoms. The van der Waals surface area contributed by atoms with Gasteiger partial charge in [0.2, 0.25) is 0 Å². The van der Waals surface area contributed by atoms with Gasteiger partial charge in [-0.3, -0.25) is 9.59 Å². The third-order valence-electron chi connectivity index (χ3n) is 8.05. The Labute approximate surface area is 140 Å². The van der Waals surface area contributed by atoms with Gasteiger partial charge in [-0.25, -0.2) is 0 Å². The highest BCUT2D eigenvalue weighted by Gasteiger charge is 2.72. The maximum Gasteiger partial charge on any atom is 0.312 e. The van der Waals surface area contributed by atoms with Crippen molar-refractivity contribution in [3.05, 3.63) is 0 Å². The lowest BCUT2D eigenvalue weighted by Gasteiger charge is -2.58. The van der Waals surface area contributed by atoms with E-state index in [0.717, 1.165) is 38.5 Å². The first-order chi connectivity index (χ1) is 10.7. The van der Waals surface area contributed by atoms with Gasteiger partial charge in [-0.15, -0.1) is 0 Å². The van der Waals surface area contributed by atoms with Gasteiger partial charge in [-0.2, -0.15) is 0 Å². The largest absolute Gasteiger partial charge is 0.458 e. The standard InChI is InChI=1S/C20H32O3/c1-13(15(3)21)9-12-19(5)14(2)7-8-16-18(4)10-6-11-20(16,19)23-17(18)22/h13-14,16H,6-12H2,1-5H3/t13-,14-,16+,18+,19+,20-/m1/s1. The van der Waals surface area contributed by atoms with Crippen LogP contribution >= 0.6 is 0 Å². The molecule has 0 radical (unpaired) electrons. The van der Waals surface area contributed by atoms with Crippen LogP contribution in [0.2, 0.25) is 0 Å². The summed E-state index contributed by atoms with van der Waals surface area (Å²) in [6.07, 6.45) is 7.24. The normalized spacial score (nSPS) is 46.9. The van der Waals surface area contributed by atoms with E-state index in [-0.39, 0.29) is 34.1 Å². The average Bonchev–Trinajstić information content (AvgIpc) is 2.61. The zero-order chi connectivity index (χ0) is 17.0. The molecule has 3 rings (SSSR count). The molecule has 3 nitrogen and oxygen atoms in total. The second kappa shape index (κ2) is 5.32. The second-order valence-electron chi connectivity index (χ2n) is 9.05. The zero-order valence-corrected chi connectivity index (χ0v) is 15.4. The van der Waals surface area contributed by atoms with Crippen molar-refractivity contribution in [1.82, 2.24) is 0 Å². The van der Waals surface area contributed by atoms with Crippen molar-refractivity contribution in [2.45, 2.75) is 85.2 Å².